The largest absolute Gasteiger partial charge is 0.418 e. The second-order valence-corrected chi connectivity index (χ2v) is 12.9. The van der Waals surface area contributed by atoms with E-state index in [0.29, 0.717) is 29.7 Å². The fraction of sp³-hybridized carbons (Fsp3) is 0.724. The van der Waals surface area contributed by atoms with Gasteiger partial charge in [-0.25, -0.2) is 0 Å². The average Bonchev–Trinajstić information content (AvgIpc) is 2.89. The molecular formula is C29H42ClF3N4O3. The first-order chi connectivity index (χ1) is 18.6. The highest BCUT2D eigenvalue weighted by Crippen LogP contribution is 2.45. The van der Waals surface area contributed by atoms with E-state index in [1.54, 1.807) is 20.2 Å². The van der Waals surface area contributed by atoms with Gasteiger partial charge in [0.25, 0.3) is 5.91 Å². The Morgan fingerprint density at radius 2 is 1.62 bits per heavy atom. The Hall–Kier alpha value is -2.04. The van der Waals surface area contributed by atoms with Gasteiger partial charge in [0.05, 0.1) is 16.5 Å². The predicted molar refractivity (Wildman–Crippen MR) is 150 cm³/mol. The predicted octanol–water partition coefficient (Wildman–Crippen LogP) is 4.52. The van der Waals surface area contributed by atoms with Gasteiger partial charge in [-0.2, -0.15) is 13.2 Å². The van der Waals surface area contributed by atoms with Crippen LogP contribution in [0.3, 0.4) is 0 Å². The Morgan fingerprint density at radius 3 is 2.10 bits per heavy atom. The molecule has 0 saturated carbocycles. The molecule has 1 unspecified atom stereocenters. The van der Waals surface area contributed by atoms with Crippen molar-refractivity contribution in [2.75, 3.05) is 58.3 Å². The van der Waals surface area contributed by atoms with E-state index in [0.717, 1.165) is 57.5 Å². The molecule has 3 heterocycles. The number of benzene rings is 1. The number of amides is 2. The molecule has 3 fully saturated rings. The van der Waals surface area contributed by atoms with Crippen LogP contribution in [0.1, 0.15) is 56.8 Å². The van der Waals surface area contributed by atoms with Crippen LogP contribution >= 0.6 is 11.6 Å². The monoisotopic (exact) mass is 586 g/mol. The van der Waals surface area contributed by atoms with Gasteiger partial charge in [-0.15, -0.1) is 0 Å². The van der Waals surface area contributed by atoms with E-state index in [9.17, 15) is 27.9 Å². The number of halogens is 4. The molecule has 3 aliphatic rings. The van der Waals surface area contributed by atoms with Crippen LogP contribution in [0, 0.1) is 17.3 Å². The number of rotatable bonds is 6. The third kappa shape index (κ3) is 5.68. The van der Waals surface area contributed by atoms with Crippen molar-refractivity contribution in [3.05, 3.63) is 28.8 Å². The SMILES string of the molecule is CC(C)[C@](O)(C(C)C(=O)N1CCC2(CC1)CN(C1CCN(c3ccc(C(=O)N(C)C)c(Cl)c3)CC1)C2)C(F)(F)F. The fourth-order valence-electron chi connectivity index (χ4n) is 6.73. The molecule has 4 rings (SSSR count). The molecular weight excluding hydrogens is 545 g/mol. The standard InChI is InChI=1S/C29H42ClF3N4O3/c1-19(2)28(40,29(31,32)33)20(3)25(38)36-14-10-27(11-15-36)17-37(18-27)21-8-12-35(13-9-21)22-6-7-23(24(30)16-22)26(39)34(4)5/h6-7,16,19-21,40H,8-15,17-18H2,1-5H3/t20?,28-/m0/s1. The quantitative estimate of drug-likeness (QED) is 0.531. The number of hydrogen-bond donors (Lipinski definition) is 1. The molecule has 3 aliphatic heterocycles. The van der Waals surface area contributed by atoms with Crippen molar-refractivity contribution in [1.82, 2.24) is 14.7 Å². The zero-order valence-electron chi connectivity index (χ0n) is 24.1. The highest BCUT2D eigenvalue weighted by molar-refractivity contribution is 6.34. The van der Waals surface area contributed by atoms with Crippen LogP contribution in [0.4, 0.5) is 18.9 Å². The maximum Gasteiger partial charge on any atom is 0.418 e. The molecule has 40 heavy (non-hydrogen) atoms. The Labute approximate surface area is 240 Å². The number of carbonyl (C=O) groups excluding carboxylic acids is 2. The number of carbonyl (C=O) groups is 2. The molecule has 7 nitrogen and oxygen atoms in total. The van der Waals surface area contributed by atoms with Crippen molar-refractivity contribution >= 4 is 29.1 Å². The Balaban J connectivity index is 1.26. The maximum atomic E-state index is 13.7. The van der Waals surface area contributed by atoms with Gasteiger partial charge in [0.2, 0.25) is 5.91 Å². The molecule has 1 aromatic rings. The number of piperidine rings is 2. The molecule has 1 aromatic carbocycles. The van der Waals surface area contributed by atoms with Gasteiger partial charge >= 0.3 is 6.18 Å². The lowest BCUT2D eigenvalue weighted by atomic mass is 9.70. The second-order valence-electron chi connectivity index (χ2n) is 12.5. The van der Waals surface area contributed by atoms with E-state index in [-0.39, 0.29) is 11.3 Å². The van der Waals surface area contributed by atoms with Gasteiger partial charge < -0.3 is 19.8 Å². The van der Waals surface area contributed by atoms with E-state index < -0.39 is 29.5 Å². The summed E-state index contributed by atoms with van der Waals surface area (Å²) < 4.78 is 41.1. The van der Waals surface area contributed by atoms with Gasteiger partial charge in [-0.1, -0.05) is 32.4 Å². The van der Waals surface area contributed by atoms with Crippen LogP contribution in [0.25, 0.3) is 0 Å². The van der Waals surface area contributed by atoms with Gasteiger partial charge in [0.1, 0.15) is 0 Å². The molecule has 2 atom stereocenters. The van der Waals surface area contributed by atoms with E-state index in [4.69, 9.17) is 11.6 Å². The third-order valence-corrected chi connectivity index (χ3v) is 9.83. The summed E-state index contributed by atoms with van der Waals surface area (Å²) in [6.45, 7) is 8.33. The minimum atomic E-state index is -4.88. The number of alkyl halides is 3. The summed E-state index contributed by atoms with van der Waals surface area (Å²) in [4.78, 5) is 33.1. The highest BCUT2D eigenvalue weighted by Gasteiger charge is 2.61. The molecule has 0 bridgehead atoms. The van der Waals surface area contributed by atoms with Gasteiger partial charge in [0, 0.05) is 65.1 Å². The van der Waals surface area contributed by atoms with E-state index in [1.807, 2.05) is 12.1 Å². The van der Waals surface area contributed by atoms with Crippen molar-refractivity contribution in [1.29, 1.82) is 0 Å². The van der Waals surface area contributed by atoms with Crippen LogP contribution in [-0.4, -0.2) is 103 Å². The van der Waals surface area contributed by atoms with Gasteiger partial charge in [-0.05, 0) is 55.2 Å². The fourth-order valence-corrected chi connectivity index (χ4v) is 6.99. The normalized spacial score (nSPS) is 22.7. The summed E-state index contributed by atoms with van der Waals surface area (Å²) in [5.74, 6) is -3.42. The highest BCUT2D eigenvalue weighted by atomic mass is 35.5. The summed E-state index contributed by atoms with van der Waals surface area (Å²) in [5, 5.41) is 10.9. The van der Waals surface area contributed by atoms with Gasteiger partial charge in [0.15, 0.2) is 5.60 Å². The number of nitrogens with zero attached hydrogens (tertiary/aromatic N) is 4. The Morgan fingerprint density at radius 1 is 1.05 bits per heavy atom. The van der Waals surface area contributed by atoms with E-state index in [2.05, 4.69) is 9.80 Å². The molecule has 0 radical (unpaired) electrons. The zero-order valence-corrected chi connectivity index (χ0v) is 24.9. The number of anilines is 1. The second kappa shape index (κ2) is 11.3. The molecule has 224 valence electrons. The zero-order chi connectivity index (χ0) is 29.6. The number of hydrogen-bond acceptors (Lipinski definition) is 5. The Bertz CT molecular complexity index is 1090. The van der Waals surface area contributed by atoms with Crippen molar-refractivity contribution in [3.8, 4) is 0 Å². The van der Waals surface area contributed by atoms with Gasteiger partial charge in [-0.3, -0.25) is 14.5 Å². The van der Waals surface area contributed by atoms with Crippen molar-refractivity contribution < 1.29 is 27.9 Å². The smallest absolute Gasteiger partial charge is 0.380 e. The van der Waals surface area contributed by atoms with Crippen LogP contribution in [0.5, 0.6) is 0 Å². The first-order valence-corrected chi connectivity index (χ1v) is 14.6. The van der Waals surface area contributed by atoms with Crippen LogP contribution < -0.4 is 4.90 Å². The summed E-state index contributed by atoms with van der Waals surface area (Å²) in [5.41, 5.74) is -1.43. The summed E-state index contributed by atoms with van der Waals surface area (Å²) in [6, 6.07) is 6.08. The molecule has 1 N–H and O–H groups in total. The van der Waals surface area contributed by atoms with E-state index in [1.165, 1.54) is 30.6 Å². The molecule has 0 aliphatic carbocycles. The van der Waals surface area contributed by atoms with Crippen molar-refractivity contribution in [3.63, 3.8) is 0 Å². The molecule has 2 amide bonds. The van der Waals surface area contributed by atoms with E-state index >= 15 is 0 Å². The molecule has 3 saturated heterocycles. The number of aliphatic hydroxyl groups is 1. The van der Waals surface area contributed by atoms with Crippen LogP contribution in [-0.2, 0) is 4.79 Å². The van der Waals surface area contributed by atoms with Crippen LogP contribution in [0.2, 0.25) is 5.02 Å². The number of likely N-dealkylation sites (tertiary alicyclic amines) is 2. The van der Waals surface area contributed by atoms with Crippen LogP contribution in [0.15, 0.2) is 18.2 Å². The minimum absolute atomic E-state index is 0.109. The van der Waals surface area contributed by atoms with Crippen molar-refractivity contribution in [2.24, 2.45) is 17.3 Å². The molecule has 1 spiro atoms. The molecule has 0 aromatic heterocycles. The summed E-state index contributed by atoms with van der Waals surface area (Å²) >= 11 is 6.41. The lowest BCUT2D eigenvalue weighted by molar-refractivity contribution is -0.291. The third-order valence-electron chi connectivity index (χ3n) is 9.51. The first-order valence-electron chi connectivity index (χ1n) is 14.2. The average molecular weight is 587 g/mol. The maximum absolute atomic E-state index is 13.7. The summed E-state index contributed by atoms with van der Waals surface area (Å²) in [6.07, 6.45) is -1.32. The lowest BCUT2D eigenvalue weighted by Gasteiger charge is -2.57. The molecule has 11 heteroatoms. The minimum Gasteiger partial charge on any atom is -0.380 e. The first kappa shape index (κ1) is 30.9. The Kier molecular flexibility index (Phi) is 8.75. The topological polar surface area (TPSA) is 67.3 Å². The lowest BCUT2D eigenvalue weighted by Crippen LogP contribution is -2.65. The van der Waals surface area contributed by atoms with Crippen molar-refractivity contribution in [2.45, 2.75) is 64.3 Å². The summed E-state index contributed by atoms with van der Waals surface area (Å²) in [7, 11) is 3.40.